The minimum Gasteiger partial charge on any atom is -0.466 e. The van der Waals surface area contributed by atoms with Gasteiger partial charge in [0.15, 0.2) is 0 Å². The predicted octanol–water partition coefficient (Wildman–Crippen LogP) is 9.83. The maximum Gasteiger partial charge on any atom is 0.305 e. The van der Waals surface area contributed by atoms with Crippen LogP contribution in [0.5, 0.6) is 0 Å². The molecular formula is C35H64O4. The highest BCUT2D eigenvalue weighted by atomic mass is 16.5. The highest BCUT2D eigenvalue weighted by Crippen LogP contribution is 2.47. The summed E-state index contributed by atoms with van der Waals surface area (Å²) in [5.74, 6) is -2.12. The molecule has 0 bridgehead atoms. The van der Waals surface area contributed by atoms with Gasteiger partial charge in [0.25, 0.3) is 0 Å². The molecule has 0 heterocycles. The van der Waals surface area contributed by atoms with Crippen molar-refractivity contribution in [2.45, 2.75) is 170 Å². The molecule has 0 radical (unpaired) electrons. The summed E-state index contributed by atoms with van der Waals surface area (Å²) in [5, 5.41) is 22.0. The zero-order chi connectivity index (χ0) is 29.4. The number of carbonyl (C=O) groups excluding carboxylic acids is 1. The van der Waals surface area contributed by atoms with E-state index in [0.29, 0.717) is 30.6 Å². The van der Waals surface area contributed by atoms with Crippen molar-refractivity contribution in [3.63, 3.8) is 0 Å². The quantitative estimate of drug-likeness (QED) is 0.0687. The average Bonchev–Trinajstić information content (AvgIpc) is 2.83. The molecule has 0 saturated carbocycles. The lowest BCUT2D eigenvalue weighted by Gasteiger charge is -2.43. The van der Waals surface area contributed by atoms with E-state index in [1.807, 2.05) is 53.7 Å². The van der Waals surface area contributed by atoms with Crippen LogP contribution < -0.4 is 0 Å². The SMILES string of the molecule is CCCCCCCCCCCCCCCCCCOC(=O)CCC1C=C(C(C)(C)C)C(O)(O)C(C(C)(C)C)=C1. The van der Waals surface area contributed by atoms with Crippen LogP contribution in [-0.4, -0.2) is 28.6 Å². The van der Waals surface area contributed by atoms with Gasteiger partial charge in [-0.2, -0.15) is 0 Å². The first-order chi connectivity index (χ1) is 18.3. The minimum absolute atomic E-state index is 0.0102. The van der Waals surface area contributed by atoms with E-state index in [2.05, 4.69) is 6.92 Å². The van der Waals surface area contributed by atoms with Gasteiger partial charge < -0.3 is 14.9 Å². The summed E-state index contributed by atoms with van der Waals surface area (Å²) in [7, 11) is 0. The third-order valence-electron chi connectivity index (χ3n) is 8.07. The van der Waals surface area contributed by atoms with Crippen LogP contribution in [0.4, 0.5) is 0 Å². The van der Waals surface area contributed by atoms with Gasteiger partial charge in [-0.05, 0) is 40.7 Å². The molecule has 0 aromatic carbocycles. The normalized spacial score (nSPS) is 16.2. The van der Waals surface area contributed by atoms with Gasteiger partial charge >= 0.3 is 5.97 Å². The first-order valence-corrected chi connectivity index (χ1v) is 16.4. The molecule has 1 rings (SSSR count). The Labute approximate surface area is 242 Å². The fraction of sp³-hybridized carbons (Fsp3) is 0.857. The van der Waals surface area contributed by atoms with Crippen molar-refractivity contribution in [3.05, 3.63) is 23.3 Å². The molecule has 0 spiro atoms. The molecule has 4 nitrogen and oxygen atoms in total. The minimum atomic E-state index is -1.96. The van der Waals surface area contributed by atoms with Crippen LogP contribution in [0.15, 0.2) is 23.3 Å². The fourth-order valence-electron chi connectivity index (χ4n) is 5.76. The summed E-state index contributed by atoms with van der Waals surface area (Å²) in [5.41, 5.74) is 0.434. The first-order valence-electron chi connectivity index (χ1n) is 16.4. The molecule has 0 amide bonds. The van der Waals surface area contributed by atoms with Crippen molar-refractivity contribution in [2.24, 2.45) is 16.7 Å². The molecule has 0 aromatic rings. The van der Waals surface area contributed by atoms with E-state index in [1.165, 1.54) is 89.9 Å². The average molecular weight is 549 g/mol. The number of rotatable bonds is 20. The second kappa shape index (κ2) is 18.3. The molecule has 2 N–H and O–H groups in total. The number of hydrogen-bond donors (Lipinski definition) is 2. The van der Waals surface area contributed by atoms with Gasteiger partial charge in [-0.15, -0.1) is 0 Å². The van der Waals surface area contributed by atoms with Crippen LogP contribution >= 0.6 is 0 Å². The van der Waals surface area contributed by atoms with Crippen molar-refractivity contribution in [1.82, 2.24) is 0 Å². The second-order valence-corrected chi connectivity index (χ2v) is 14.1. The summed E-state index contributed by atoms with van der Waals surface area (Å²) >= 11 is 0. The van der Waals surface area contributed by atoms with Gasteiger partial charge in [0, 0.05) is 6.42 Å². The second-order valence-electron chi connectivity index (χ2n) is 14.1. The molecule has 4 heteroatoms. The molecule has 0 atom stereocenters. The largest absolute Gasteiger partial charge is 0.466 e. The van der Waals surface area contributed by atoms with E-state index in [4.69, 9.17) is 4.74 Å². The van der Waals surface area contributed by atoms with E-state index in [0.717, 1.165) is 12.8 Å². The van der Waals surface area contributed by atoms with Crippen molar-refractivity contribution in [3.8, 4) is 0 Å². The van der Waals surface area contributed by atoms with E-state index in [9.17, 15) is 15.0 Å². The van der Waals surface area contributed by atoms with E-state index < -0.39 is 5.79 Å². The number of carbonyl (C=O) groups is 1. The smallest absolute Gasteiger partial charge is 0.305 e. The van der Waals surface area contributed by atoms with Gasteiger partial charge in [-0.3, -0.25) is 4.79 Å². The molecular weight excluding hydrogens is 484 g/mol. The predicted molar refractivity (Wildman–Crippen MR) is 165 cm³/mol. The van der Waals surface area contributed by atoms with Gasteiger partial charge in [-0.1, -0.05) is 157 Å². The molecule has 0 unspecified atom stereocenters. The Morgan fingerprint density at radius 2 is 1.05 bits per heavy atom. The molecule has 1 aliphatic carbocycles. The Hall–Kier alpha value is -1.13. The molecule has 1 aliphatic rings. The third kappa shape index (κ3) is 14.9. The standard InChI is InChI=1S/C35H64O4/c1-8-9-10-11-12-13-14-15-16-17-18-19-20-21-22-23-26-39-32(36)25-24-29-27-30(33(2,3)4)35(37,38)31(28-29)34(5,6)7/h27-29,37-38H,8-26H2,1-7H3. The van der Waals surface area contributed by atoms with Gasteiger partial charge in [0.1, 0.15) is 0 Å². The van der Waals surface area contributed by atoms with Crippen LogP contribution in [0.25, 0.3) is 0 Å². The topological polar surface area (TPSA) is 66.8 Å². The monoisotopic (exact) mass is 548 g/mol. The third-order valence-corrected chi connectivity index (χ3v) is 8.07. The van der Waals surface area contributed by atoms with Crippen molar-refractivity contribution >= 4 is 5.97 Å². The molecule has 0 saturated heterocycles. The van der Waals surface area contributed by atoms with Crippen molar-refractivity contribution in [1.29, 1.82) is 0 Å². The number of aliphatic hydroxyl groups is 2. The van der Waals surface area contributed by atoms with Crippen molar-refractivity contribution in [2.75, 3.05) is 6.61 Å². The number of esters is 1. The summed E-state index contributed by atoms with van der Waals surface area (Å²) < 4.78 is 5.50. The highest BCUT2D eigenvalue weighted by molar-refractivity contribution is 5.69. The Kier molecular flexibility index (Phi) is 16.9. The van der Waals surface area contributed by atoms with E-state index in [-0.39, 0.29) is 22.7 Å². The Morgan fingerprint density at radius 3 is 1.41 bits per heavy atom. The Balaban J connectivity index is 2.15. The number of allylic oxidation sites excluding steroid dienone is 2. The maximum absolute atomic E-state index is 12.4. The Bertz CT molecular complexity index is 699. The van der Waals surface area contributed by atoms with Crippen molar-refractivity contribution < 1.29 is 19.7 Å². The lowest BCUT2D eigenvalue weighted by molar-refractivity contribution is -0.144. The number of hydrogen-bond acceptors (Lipinski definition) is 4. The van der Waals surface area contributed by atoms with Crippen LogP contribution in [0.3, 0.4) is 0 Å². The van der Waals surface area contributed by atoms with Gasteiger partial charge in [0.05, 0.1) is 6.61 Å². The van der Waals surface area contributed by atoms with E-state index in [1.54, 1.807) is 0 Å². The van der Waals surface area contributed by atoms with Gasteiger partial charge in [0.2, 0.25) is 5.79 Å². The Morgan fingerprint density at radius 1 is 0.692 bits per heavy atom. The number of ether oxygens (including phenoxy) is 1. The lowest BCUT2D eigenvalue weighted by atomic mass is 9.67. The molecule has 39 heavy (non-hydrogen) atoms. The summed E-state index contributed by atoms with van der Waals surface area (Å²) in [6.45, 7) is 14.8. The van der Waals surface area contributed by atoms with Crippen LogP contribution in [0.2, 0.25) is 0 Å². The molecule has 0 aromatic heterocycles. The summed E-state index contributed by atoms with van der Waals surface area (Å²) in [6, 6.07) is 0. The highest BCUT2D eigenvalue weighted by Gasteiger charge is 2.46. The zero-order valence-corrected chi connectivity index (χ0v) is 26.9. The van der Waals surface area contributed by atoms with Crippen LogP contribution in [0, 0.1) is 16.7 Å². The lowest BCUT2D eigenvalue weighted by Crippen LogP contribution is -2.45. The van der Waals surface area contributed by atoms with E-state index >= 15 is 0 Å². The maximum atomic E-state index is 12.4. The molecule has 228 valence electrons. The van der Waals surface area contributed by atoms with Crippen LogP contribution in [-0.2, 0) is 9.53 Å². The number of unbranched alkanes of at least 4 members (excludes halogenated alkanes) is 15. The summed E-state index contributed by atoms with van der Waals surface area (Å²) in [4.78, 5) is 12.4. The molecule has 0 aliphatic heterocycles. The summed E-state index contributed by atoms with van der Waals surface area (Å²) in [6.07, 6.45) is 26.1. The first kappa shape index (κ1) is 35.9. The fourth-order valence-corrected chi connectivity index (χ4v) is 5.76. The molecule has 0 fully saturated rings. The van der Waals surface area contributed by atoms with Gasteiger partial charge in [-0.25, -0.2) is 0 Å². The van der Waals surface area contributed by atoms with Crippen LogP contribution in [0.1, 0.15) is 164 Å². The zero-order valence-electron chi connectivity index (χ0n) is 26.9.